The van der Waals surface area contributed by atoms with Crippen molar-refractivity contribution in [1.82, 2.24) is 15.3 Å². The smallest absolute Gasteiger partial charge is 0.271 e. The molecule has 132 valence electrons. The number of hydrogen-bond donors (Lipinski definition) is 2. The van der Waals surface area contributed by atoms with E-state index >= 15 is 0 Å². The third-order valence-electron chi connectivity index (χ3n) is 3.99. The molecule has 3 aromatic rings. The van der Waals surface area contributed by atoms with Crippen molar-refractivity contribution in [3.63, 3.8) is 0 Å². The average molecular weight is 367 g/mol. The Bertz CT molecular complexity index is 908. The number of nitrogens with zero attached hydrogens (tertiary/aromatic N) is 2. The fourth-order valence-electron chi connectivity index (χ4n) is 2.37. The first kappa shape index (κ1) is 17.9. The number of carbonyl (C=O) groups is 1. The molecular weight excluding hydrogens is 348 g/mol. The molecule has 1 heterocycles. The molecule has 6 heteroatoms. The van der Waals surface area contributed by atoms with Crippen LogP contribution in [0.2, 0.25) is 5.02 Å². The van der Waals surface area contributed by atoms with Crippen LogP contribution in [-0.2, 0) is 6.54 Å². The zero-order chi connectivity index (χ0) is 18.5. The highest BCUT2D eigenvalue weighted by atomic mass is 35.5. The van der Waals surface area contributed by atoms with Crippen LogP contribution in [0, 0.1) is 13.8 Å². The van der Waals surface area contributed by atoms with Crippen LogP contribution in [0.5, 0.6) is 0 Å². The summed E-state index contributed by atoms with van der Waals surface area (Å²) in [6.45, 7) is 4.39. The normalized spacial score (nSPS) is 10.4. The summed E-state index contributed by atoms with van der Waals surface area (Å²) >= 11 is 6.11. The maximum absolute atomic E-state index is 12.2. The van der Waals surface area contributed by atoms with Gasteiger partial charge in [-0.3, -0.25) is 4.79 Å². The number of rotatable bonds is 5. The lowest BCUT2D eigenvalue weighted by Gasteiger charge is -2.10. The minimum Gasteiger partial charge on any atom is -0.347 e. The van der Waals surface area contributed by atoms with E-state index in [0.29, 0.717) is 17.4 Å². The quantitative estimate of drug-likeness (QED) is 0.701. The molecule has 2 N–H and O–H groups in total. The molecule has 0 aliphatic rings. The first-order valence-corrected chi connectivity index (χ1v) is 8.58. The molecule has 0 fully saturated rings. The average Bonchev–Trinajstić information content (AvgIpc) is 2.65. The zero-order valence-electron chi connectivity index (χ0n) is 14.6. The van der Waals surface area contributed by atoms with E-state index in [4.69, 9.17) is 11.6 Å². The van der Waals surface area contributed by atoms with Gasteiger partial charge in [0.15, 0.2) is 0 Å². The Morgan fingerprint density at radius 2 is 1.81 bits per heavy atom. The summed E-state index contributed by atoms with van der Waals surface area (Å²) in [4.78, 5) is 20.6. The summed E-state index contributed by atoms with van der Waals surface area (Å²) in [5.41, 5.74) is 4.26. The summed E-state index contributed by atoms with van der Waals surface area (Å²) in [5, 5.41) is 6.67. The van der Waals surface area contributed by atoms with Crippen molar-refractivity contribution in [1.29, 1.82) is 0 Å². The van der Waals surface area contributed by atoms with Crippen LogP contribution in [-0.4, -0.2) is 15.9 Å². The fourth-order valence-corrected chi connectivity index (χ4v) is 2.54. The van der Waals surface area contributed by atoms with Crippen molar-refractivity contribution in [2.75, 3.05) is 5.32 Å². The minimum absolute atomic E-state index is 0.261. The lowest BCUT2D eigenvalue weighted by Crippen LogP contribution is -2.24. The Morgan fingerprint density at radius 3 is 2.50 bits per heavy atom. The van der Waals surface area contributed by atoms with Gasteiger partial charge in [-0.15, -0.1) is 0 Å². The molecular formula is C20H19ClN4O. The highest BCUT2D eigenvalue weighted by molar-refractivity contribution is 6.31. The van der Waals surface area contributed by atoms with Crippen LogP contribution in [0.1, 0.15) is 27.2 Å². The zero-order valence-corrected chi connectivity index (χ0v) is 15.3. The summed E-state index contributed by atoms with van der Waals surface area (Å²) in [6, 6.07) is 13.6. The first-order valence-electron chi connectivity index (χ1n) is 8.21. The largest absolute Gasteiger partial charge is 0.347 e. The molecule has 0 saturated carbocycles. The number of aryl methyl sites for hydroxylation is 1. The molecule has 5 nitrogen and oxygen atoms in total. The summed E-state index contributed by atoms with van der Waals surface area (Å²) in [6.07, 6.45) is 2.98. The predicted octanol–water partition coefficient (Wildman–Crippen LogP) is 4.42. The van der Waals surface area contributed by atoms with E-state index in [1.54, 1.807) is 0 Å². The van der Waals surface area contributed by atoms with E-state index in [9.17, 15) is 4.79 Å². The molecule has 0 radical (unpaired) electrons. The standard InChI is InChI=1S/C20H19ClN4O/c1-13-6-8-15(9-7-13)10-24-20(26)18-11-23-19(12-22-18)25-17-5-3-4-16(21)14(17)2/h3-9,11-12H,10H2,1-2H3,(H,23,25)(H,24,26). The van der Waals surface area contributed by atoms with Gasteiger partial charge in [0.05, 0.1) is 12.4 Å². The third kappa shape index (κ3) is 4.37. The van der Waals surface area contributed by atoms with Gasteiger partial charge >= 0.3 is 0 Å². The molecule has 0 aliphatic carbocycles. The second-order valence-electron chi connectivity index (χ2n) is 5.99. The monoisotopic (exact) mass is 366 g/mol. The molecule has 0 saturated heterocycles. The molecule has 1 aromatic heterocycles. The van der Waals surface area contributed by atoms with Crippen molar-refractivity contribution in [3.8, 4) is 0 Å². The van der Waals surface area contributed by atoms with Crippen molar-refractivity contribution in [2.24, 2.45) is 0 Å². The number of halogens is 1. The molecule has 3 rings (SSSR count). The van der Waals surface area contributed by atoms with Gasteiger partial charge < -0.3 is 10.6 Å². The van der Waals surface area contributed by atoms with E-state index in [1.165, 1.54) is 18.0 Å². The van der Waals surface area contributed by atoms with Crippen LogP contribution in [0.4, 0.5) is 11.5 Å². The number of aromatic nitrogens is 2. The third-order valence-corrected chi connectivity index (χ3v) is 4.40. The van der Waals surface area contributed by atoms with Gasteiger partial charge in [-0.2, -0.15) is 0 Å². The molecule has 0 bridgehead atoms. The van der Waals surface area contributed by atoms with Gasteiger partial charge in [0, 0.05) is 17.3 Å². The highest BCUT2D eigenvalue weighted by Gasteiger charge is 2.09. The van der Waals surface area contributed by atoms with E-state index in [-0.39, 0.29) is 11.6 Å². The van der Waals surface area contributed by atoms with Gasteiger partial charge in [-0.05, 0) is 37.1 Å². The van der Waals surface area contributed by atoms with Crippen molar-refractivity contribution in [3.05, 3.63) is 82.3 Å². The minimum atomic E-state index is -0.261. The van der Waals surface area contributed by atoms with Crippen LogP contribution in [0.25, 0.3) is 0 Å². The molecule has 26 heavy (non-hydrogen) atoms. The van der Waals surface area contributed by atoms with E-state index in [1.807, 2.05) is 56.3 Å². The van der Waals surface area contributed by atoms with Crippen LogP contribution in [0.15, 0.2) is 54.9 Å². The molecule has 0 unspecified atom stereocenters. The van der Waals surface area contributed by atoms with Crippen LogP contribution in [0.3, 0.4) is 0 Å². The number of amides is 1. The lowest BCUT2D eigenvalue weighted by molar-refractivity contribution is 0.0945. The number of carbonyl (C=O) groups excluding carboxylic acids is 1. The van der Waals surface area contributed by atoms with Gasteiger partial charge in [0.2, 0.25) is 0 Å². The Balaban J connectivity index is 1.62. The first-order chi connectivity index (χ1) is 12.5. The highest BCUT2D eigenvalue weighted by Crippen LogP contribution is 2.25. The van der Waals surface area contributed by atoms with Gasteiger partial charge in [0.1, 0.15) is 11.5 Å². The molecule has 0 atom stereocenters. The number of benzene rings is 2. The topological polar surface area (TPSA) is 66.9 Å². The Hall–Kier alpha value is -2.92. The number of hydrogen-bond acceptors (Lipinski definition) is 4. The van der Waals surface area contributed by atoms with Gasteiger partial charge in [-0.25, -0.2) is 9.97 Å². The van der Waals surface area contributed by atoms with Crippen molar-refractivity contribution in [2.45, 2.75) is 20.4 Å². The predicted molar refractivity (Wildman–Crippen MR) is 104 cm³/mol. The van der Waals surface area contributed by atoms with E-state index < -0.39 is 0 Å². The van der Waals surface area contributed by atoms with Crippen molar-refractivity contribution < 1.29 is 4.79 Å². The van der Waals surface area contributed by atoms with E-state index in [2.05, 4.69) is 20.6 Å². The second-order valence-corrected chi connectivity index (χ2v) is 6.40. The molecule has 2 aromatic carbocycles. The summed E-state index contributed by atoms with van der Waals surface area (Å²) in [5.74, 6) is 0.286. The number of nitrogens with one attached hydrogen (secondary N) is 2. The molecule has 0 aliphatic heterocycles. The summed E-state index contributed by atoms with van der Waals surface area (Å²) < 4.78 is 0. The Labute approximate surface area is 157 Å². The Morgan fingerprint density at radius 1 is 1.04 bits per heavy atom. The number of anilines is 2. The van der Waals surface area contributed by atoms with Crippen LogP contribution >= 0.6 is 11.6 Å². The van der Waals surface area contributed by atoms with Gasteiger partial charge in [-0.1, -0.05) is 47.5 Å². The fraction of sp³-hybridized carbons (Fsp3) is 0.150. The molecule has 1 amide bonds. The summed E-state index contributed by atoms with van der Waals surface area (Å²) in [7, 11) is 0. The maximum Gasteiger partial charge on any atom is 0.271 e. The van der Waals surface area contributed by atoms with Gasteiger partial charge in [0.25, 0.3) is 5.91 Å². The Kier molecular flexibility index (Phi) is 5.49. The molecule has 0 spiro atoms. The van der Waals surface area contributed by atoms with Crippen LogP contribution < -0.4 is 10.6 Å². The van der Waals surface area contributed by atoms with Crippen molar-refractivity contribution >= 4 is 29.0 Å². The SMILES string of the molecule is Cc1ccc(CNC(=O)c2cnc(Nc3cccc(Cl)c3C)cn2)cc1. The maximum atomic E-state index is 12.2. The van der Waals surface area contributed by atoms with E-state index in [0.717, 1.165) is 16.8 Å². The lowest BCUT2D eigenvalue weighted by atomic mass is 10.1. The second kappa shape index (κ2) is 7.97.